The predicted molar refractivity (Wildman–Crippen MR) is 99.0 cm³/mol. The molecule has 1 atom stereocenters. The average molecular weight is 370 g/mol. The second kappa shape index (κ2) is 7.17. The Balaban J connectivity index is 1.43. The number of rotatable bonds is 4. The quantitative estimate of drug-likeness (QED) is 0.853. The summed E-state index contributed by atoms with van der Waals surface area (Å²) in [5.74, 6) is 0.200. The van der Waals surface area contributed by atoms with Crippen LogP contribution in [0.5, 0.6) is 0 Å². The molecule has 2 aliphatic rings. The van der Waals surface area contributed by atoms with Gasteiger partial charge >= 0.3 is 0 Å². The minimum atomic E-state index is -0.0145. The van der Waals surface area contributed by atoms with Crippen LogP contribution in [-0.2, 0) is 11.2 Å². The van der Waals surface area contributed by atoms with Crippen molar-refractivity contribution in [1.82, 2.24) is 30.0 Å². The SMILES string of the molecule is Cc1cc(C(=O)N2CCC[C@@]3(CCC(=O)N(CCc4cnc[nH]4)C3)C2)n[nH]1. The highest BCUT2D eigenvalue weighted by molar-refractivity contribution is 5.92. The standard InChI is InChI=1S/C19H26N6O2/c1-14-9-16(23-22-14)18(27)25-7-2-5-19(12-25)6-3-17(26)24(11-19)8-4-15-10-20-13-21-15/h9-10,13H,2-8,11-12H2,1H3,(H,20,21)(H,22,23)/t19-/m0/s1. The Bertz CT molecular complexity index is 814. The van der Waals surface area contributed by atoms with Crippen molar-refractivity contribution >= 4 is 11.8 Å². The number of aromatic nitrogens is 4. The molecule has 0 aromatic carbocycles. The molecule has 144 valence electrons. The molecule has 4 rings (SSSR count). The van der Waals surface area contributed by atoms with E-state index in [1.165, 1.54) is 0 Å². The van der Waals surface area contributed by atoms with Gasteiger partial charge in [0.25, 0.3) is 5.91 Å². The number of piperidine rings is 2. The van der Waals surface area contributed by atoms with Gasteiger partial charge in [-0.25, -0.2) is 4.98 Å². The minimum absolute atomic E-state index is 0.00115. The van der Waals surface area contributed by atoms with Crippen LogP contribution in [0.3, 0.4) is 0 Å². The third-order valence-electron chi connectivity index (χ3n) is 5.83. The van der Waals surface area contributed by atoms with E-state index in [-0.39, 0.29) is 17.2 Å². The van der Waals surface area contributed by atoms with E-state index in [9.17, 15) is 9.59 Å². The molecule has 2 N–H and O–H groups in total. The number of H-pyrrole nitrogens is 2. The van der Waals surface area contributed by atoms with Crippen molar-refractivity contribution in [2.24, 2.45) is 5.41 Å². The molecule has 0 unspecified atom stereocenters. The zero-order valence-corrected chi connectivity index (χ0v) is 15.7. The maximum Gasteiger partial charge on any atom is 0.274 e. The lowest BCUT2D eigenvalue weighted by molar-refractivity contribution is -0.138. The zero-order valence-electron chi connectivity index (χ0n) is 15.7. The van der Waals surface area contributed by atoms with Gasteiger partial charge in [-0.2, -0.15) is 5.10 Å². The van der Waals surface area contributed by atoms with E-state index < -0.39 is 0 Å². The number of hydrogen-bond donors (Lipinski definition) is 2. The first kappa shape index (κ1) is 17.8. The fourth-order valence-electron chi connectivity index (χ4n) is 4.39. The smallest absolute Gasteiger partial charge is 0.274 e. The first-order chi connectivity index (χ1) is 13.0. The summed E-state index contributed by atoms with van der Waals surface area (Å²) in [5.41, 5.74) is 2.41. The molecule has 8 heteroatoms. The Morgan fingerprint density at radius 1 is 1.33 bits per heavy atom. The summed E-state index contributed by atoms with van der Waals surface area (Å²) in [4.78, 5) is 36.3. The van der Waals surface area contributed by atoms with Crippen molar-refractivity contribution in [2.75, 3.05) is 26.2 Å². The van der Waals surface area contributed by atoms with Crippen LogP contribution in [0, 0.1) is 12.3 Å². The van der Waals surface area contributed by atoms with Gasteiger partial charge in [0.05, 0.1) is 6.33 Å². The predicted octanol–water partition coefficient (Wildman–Crippen LogP) is 1.53. The third kappa shape index (κ3) is 3.74. The van der Waals surface area contributed by atoms with Crippen LogP contribution < -0.4 is 0 Å². The van der Waals surface area contributed by atoms with E-state index in [0.29, 0.717) is 25.2 Å². The number of nitrogens with zero attached hydrogens (tertiary/aromatic N) is 4. The lowest BCUT2D eigenvalue weighted by Gasteiger charge is -2.48. The zero-order chi connectivity index (χ0) is 18.9. The van der Waals surface area contributed by atoms with Crippen molar-refractivity contribution in [1.29, 1.82) is 0 Å². The summed E-state index contributed by atoms with van der Waals surface area (Å²) in [5, 5.41) is 6.96. The van der Waals surface area contributed by atoms with Crippen LogP contribution in [0.4, 0.5) is 0 Å². The fraction of sp³-hybridized carbons (Fsp3) is 0.579. The molecule has 0 radical (unpaired) electrons. The molecule has 27 heavy (non-hydrogen) atoms. The minimum Gasteiger partial charge on any atom is -0.348 e. The third-order valence-corrected chi connectivity index (χ3v) is 5.83. The lowest BCUT2D eigenvalue weighted by atomic mass is 9.73. The molecular formula is C19H26N6O2. The molecule has 0 bridgehead atoms. The van der Waals surface area contributed by atoms with Gasteiger partial charge in [0.15, 0.2) is 0 Å². The second-order valence-corrected chi connectivity index (χ2v) is 7.91. The van der Waals surface area contributed by atoms with Crippen LogP contribution in [0.25, 0.3) is 0 Å². The molecule has 0 saturated carbocycles. The van der Waals surface area contributed by atoms with Crippen molar-refractivity contribution in [3.05, 3.63) is 35.7 Å². The first-order valence-corrected chi connectivity index (χ1v) is 9.61. The number of carbonyl (C=O) groups excluding carboxylic acids is 2. The number of likely N-dealkylation sites (tertiary alicyclic amines) is 2. The molecule has 2 amide bonds. The number of carbonyl (C=O) groups is 2. The summed E-state index contributed by atoms with van der Waals surface area (Å²) < 4.78 is 0. The summed E-state index contributed by atoms with van der Waals surface area (Å²) >= 11 is 0. The molecule has 2 aromatic heterocycles. The van der Waals surface area contributed by atoms with Crippen molar-refractivity contribution < 1.29 is 9.59 Å². The van der Waals surface area contributed by atoms with Crippen molar-refractivity contribution in [3.8, 4) is 0 Å². The van der Waals surface area contributed by atoms with Gasteiger partial charge in [-0.3, -0.25) is 14.7 Å². The fourth-order valence-corrected chi connectivity index (χ4v) is 4.39. The molecule has 2 saturated heterocycles. The molecular weight excluding hydrogens is 344 g/mol. The maximum absolute atomic E-state index is 12.8. The van der Waals surface area contributed by atoms with Crippen LogP contribution in [0.15, 0.2) is 18.6 Å². The number of nitrogens with one attached hydrogen (secondary N) is 2. The highest BCUT2D eigenvalue weighted by atomic mass is 16.2. The molecule has 2 aliphatic heterocycles. The molecule has 0 aliphatic carbocycles. The lowest BCUT2D eigenvalue weighted by Crippen LogP contribution is -2.55. The molecule has 2 fully saturated rings. The van der Waals surface area contributed by atoms with Crippen molar-refractivity contribution in [2.45, 2.75) is 39.0 Å². The van der Waals surface area contributed by atoms with E-state index in [1.54, 1.807) is 18.6 Å². The Kier molecular flexibility index (Phi) is 4.72. The summed E-state index contributed by atoms with van der Waals surface area (Å²) in [6.45, 7) is 4.77. The second-order valence-electron chi connectivity index (χ2n) is 7.91. The number of hydrogen-bond acceptors (Lipinski definition) is 4. The number of imidazole rings is 1. The van der Waals surface area contributed by atoms with Gasteiger partial charge in [0.1, 0.15) is 5.69 Å². The Morgan fingerprint density at radius 3 is 2.96 bits per heavy atom. The molecule has 8 nitrogen and oxygen atoms in total. The highest BCUT2D eigenvalue weighted by Gasteiger charge is 2.42. The van der Waals surface area contributed by atoms with E-state index in [0.717, 1.165) is 50.2 Å². The van der Waals surface area contributed by atoms with Crippen molar-refractivity contribution in [3.63, 3.8) is 0 Å². The molecule has 1 spiro atoms. The van der Waals surface area contributed by atoms with E-state index in [1.807, 2.05) is 16.7 Å². The van der Waals surface area contributed by atoms with Gasteiger partial charge in [-0.05, 0) is 32.3 Å². The Labute approximate surface area is 158 Å². The molecule has 2 aromatic rings. The van der Waals surface area contributed by atoms with Gasteiger partial charge in [0, 0.05) is 62.0 Å². The van der Waals surface area contributed by atoms with E-state index in [2.05, 4.69) is 20.2 Å². The average Bonchev–Trinajstić information content (AvgIpc) is 3.34. The number of aromatic amines is 2. The van der Waals surface area contributed by atoms with Crippen LogP contribution >= 0.6 is 0 Å². The topological polar surface area (TPSA) is 98.0 Å². The van der Waals surface area contributed by atoms with Gasteiger partial charge < -0.3 is 14.8 Å². The van der Waals surface area contributed by atoms with Crippen LogP contribution in [0.1, 0.15) is 47.6 Å². The highest BCUT2D eigenvalue weighted by Crippen LogP contribution is 2.39. The van der Waals surface area contributed by atoms with Gasteiger partial charge in [0.2, 0.25) is 5.91 Å². The summed E-state index contributed by atoms with van der Waals surface area (Å²) in [6, 6.07) is 1.80. The Hall–Kier alpha value is -2.64. The van der Waals surface area contributed by atoms with E-state index >= 15 is 0 Å². The van der Waals surface area contributed by atoms with Crippen LogP contribution in [0.2, 0.25) is 0 Å². The number of amides is 2. The largest absolute Gasteiger partial charge is 0.348 e. The van der Waals surface area contributed by atoms with Gasteiger partial charge in [-0.1, -0.05) is 0 Å². The summed E-state index contributed by atoms with van der Waals surface area (Å²) in [7, 11) is 0. The maximum atomic E-state index is 12.8. The normalized spacial score (nSPS) is 23.2. The monoisotopic (exact) mass is 370 g/mol. The Morgan fingerprint density at radius 2 is 2.22 bits per heavy atom. The first-order valence-electron chi connectivity index (χ1n) is 9.61. The molecule has 4 heterocycles. The van der Waals surface area contributed by atoms with Crippen LogP contribution in [-0.4, -0.2) is 68.0 Å². The summed E-state index contributed by atoms with van der Waals surface area (Å²) in [6.07, 6.45) is 7.69. The van der Waals surface area contributed by atoms with Gasteiger partial charge in [-0.15, -0.1) is 0 Å². The number of aryl methyl sites for hydroxylation is 1. The van der Waals surface area contributed by atoms with E-state index in [4.69, 9.17) is 0 Å².